The number of nitrogens with one attached hydrogen (secondary N) is 1. The van der Waals surface area contributed by atoms with E-state index in [-0.39, 0.29) is 95.3 Å². The Labute approximate surface area is 210 Å². The molecule has 0 aromatic carbocycles. The Hall–Kier alpha value is 0.410. The van der Waals surface area contributed by atoms with Crippen molar-refractivity contribution in [2.45, 2.75) is 39.5 Å². The number of hydrogen-bond acceptors (Lipinski definition) is 6. The molecule has 0 spiro atoms. The number of hydrogen-bond donors (Lipinski definition) is 3. The quantitative estimate of drug-likeness (QED) is 0.156. The van der Waals surface area contributed by atoms with Gasteiger partial charge in [-0.05, 0) is 12.8 Å². The van der Waals surface area contributed by atoms with Crippen molar-refractivity contribution in [1.29, 1.82) is 0 Å². The molecule has 1 aliphatic rings. The molecule has 0 amide bonds. The van der Waals surface area contributed by atoms with Crippen LogP contribution in [0.15, 0.2) is 0 Å². The molecule has 0 aromatic rings. The number of amidine groups is 1. The summed E-state index contributed by atoms with van der Waals surface area (Å²) in [5.41, 5.74) is 0. The largest absolute Gasteiger partial charge is 1.00 e. The molecule has 0 aromatic heterocycles. The molecule has 6 N–H and O–H groups in total. The second-order valence-corrected chi connectivity index (χ2v) is 6.15. The molecule has 0 saturated heterocycles. The van der Waals surface area contributed by atoms with Crippen LogP contribution in [0, 0.1) is 5.92 Å². The fourth-order valence-corrected chi connectivity index (χ4v) is 3.34. The first-order valence-electron chi connectivity index (χ1n) is 8.44. The molecular formula is C16H33N2Na2O8+. The second-order valence-electron chi connectivity index (χ2n) is 6.15. The van der Waals surface area contributed by atoms with Crippen LogP contribution in [0.2, 0.25) is 0 Å². The third kappa shape index (κ3) is 12.9. The summed E-state index contributed by atoms with van der Waals surface area (Å²) in [6, 6.07) is 0. The van der Waals surface area contributed by atoms with E-state index in [1.165, 1.54) is 0 Å². The molecule has 0 bridgehead atoms. The van der Waals surface area contributed by atoms with E-state index >= 15 is 0 Å². The maximum absolute atomic E-state index is 11.4. The van der Waals surface area contributed by atoms with E-state index in [2.05, 4.69) is 18.8 Å². The number of carboxylic acid groups (broad SMARTS) is 2. The van der Waals surface area contributed by atoms with Gasteiger partial charge >= 0.3 is 76.9 Å². The van der Waals surface area contributed by atoms with Crippen molar-refractivity contribution < 1.29 is 110 Å². The van der Waals surface area contributed by atoms with Crippen molar-refractivity contribution >= 4 is 17.8 Å². The Morgan fingerprint density at radius 1 is 1.14 bits per heavy atom. The van der Waals surface area contributed by atoms with Crippen LogP contribution in [-0.4, -0.2) is 88.3 Å². The molecule has 0 aliphatic carbocycles. The van der Waals surface area contributed by atoms with E-state index in [0.29, 0.717) is 23.5 Å². The van der Waals surface area contributed by atoms with E-state index in [0.717, 1.165) is 38.1 Å². The van der Waals surface area contributed by atoms with Crippen LogP contribution in [0.1, 0.15) is 39.5 Å². The van der Waals surface area contributed by atoms with Crippen molar-refractivity contribution in [2.75, 3.05) is 39.4 Å². The number of aliphatic carboxylic acids is 2. The van der Waals surface area contributed by atoms with Gasteiger partial charge in [0.1, 0.15) is 19.7 Å². The molecule has 0 fully saturated rings. The summed E-state index contributed by atoms with van der Waals surface area (Å²) in [5, 5.41) is 18.0. The van der Waals surface area contributed by atoms with Gasteiger partial charge in [-0.3, -0.25) is 0 Å². The van der Waals surface area contributed by atoms with Crippen molar-refractivity contribution in [2.24, 2.45) is 5.92 Å². The monoisotopic (exact) mass is 427 g/mol. The number of carbonyl (C=O) groups is 2. The number of nitrogens with zero attached hydrogens (tertiary/aromatic N) is 1. The third-order valence-corrected chi connectivity index (χ3v) is 4.47. The SMILES string of the molecule is CCCCC(CC)C1=[NH+]CC[N+]1(CCOCC(=O)O)CC(=O)O.[Na+].[Na+].[OH-].[OH-].[OH-]. The zero-order valence-corrected chi connectivity index (χ0v) is 21.6. The summed E-state index contributed by atoms with van der Waals surface area (Å²) in [4.78, 5) is 25.3. The molecule has 28 heavy (non-hydrogen) atoms. The van der Waals surface area contributed by atoms with Crippen molar-refractivity contribution in [3.05, 3.63) is 0 Å². The molecule has 12 heteroatoms. The zero-order valence-electron chi connectivity index (χ0n) is 17.6. The van der Waals surface area contributed by atoms with Gasteiger partial charge in [-0.25, -0.2) is 14.1 Å². The molecule has 2 unspecified atom stereocenters. The second kappa shape index (κ2) is 20.7. The van der Waals surface area contributed by atoms with Crippen molar-refractivity contribution in [3.8, 4) is 0 Å². The summed E-state index contributed by atoms with van der Waals surface area (Å²) in [6.07, 6.45) is 4.25. The average molecular weight is 427 g/mol. The van der Waals surface area contributed by atoms with Gasteiger partial charge in [0.2, 0.25) is 0 Å². The predicted octanol–water partition coefficient (Wildman–Crippen LogP) is -6.82. The zero-order chi connectivity index (χ0) is 17.3. The number of carboxylic acids is 2. The summed E-state index contributed by atoms with van der Waals surface area (Å²) >= 11 is 0. The minimum atomic E-state index is -1.01. The standard InChI is InChI=1S/C16H28N2O5.2Na.3H2O/c1-3-5-6-13(4-2)16-17-7-8-18(16,11-14(19)20)9-10-23-12-15(21)22;;;;;/h13H,3-12H2,1-2H3,(H-,19,20,21,22);;;3*1H2/q;2*+1;;;/p-1. The number of unbranched alkanes of at least 4 members (excludes halogenated alkanes) is 1. The first kappa shape index (κ1) is 38.9. The van der Waals surface area contributed by atoms with Gasteiger partial charge in [-0.1, -0.05) is 26.7 Å². The van der Waals surface area contributed by atoms with Gasteiger partial charge in [-0.15, -0.1) is 0 Å². The fraction of sp³-hybridized carbons (Fsp3) is 0.812. The molecular weight excluding hydrogens is 394 g/mol. The van der Waals surface area contributed by atoms with E-state index < -0.39 is 11.9 Å². The van der Waals surface area contributed by atoms with Gasteiger partial charge in [0.15, 0.2) is 13.1 Å². The summed E-state index contributed by atoms with van der Waals surface area (Å²) in [7, 11) is 0. The molecule has 0 radical (unpaired) electrons. The maximum atomic E-state index is 11.4. The Morgan fingerprint density at radius 3 is 2.21 bits per heavy atom. The van der Waals surface area contributed by atoms with Crippen LogP contribution in [0.25, 0.3) is 0 Å². The number of rotatable bonds is 12. The number of ether oxygens (including phenoxy) is 1. The first-order chi connectivity index (χ1) is 10.9. The van der Waals surface area contributed by atoms with Crippen LogP contribution in [0.5, 0.6) is 0 Å². The third-order valence-electron chi connectivity index (χ3n) is 4.47. The Bertz CT molecular complexity index is 454. The average Bonchev–Trinajstić information content (AvgIpc) is 2.87. The molecule has 156 valence electrons. The summed E-state index contributed by atoms with van der Waals surface area (Å²) in [5.74, 6) is -0.416. The minimum absolute atomic E-state index is 0. The van der Waals surface area contributed by atoms with Gasteiger partial charge in [0.05, 0.1) is 12.5 Å². The number of quaternary nitrogens is 1. The topological polar surface area (TPSA) is 188 Å². The van der Waals surface area contributed by atoms with Crippen molar-refractivity contribution in [1.82, 2.24) is 0 Å². The molecule has 1 rings (SSSR count). The maximum Gasteiger partial charge on any atom is 1.00 e. The van der Waals surface area contributed by atoms with Gasteiger partial charge in [0.25, 0.3) is 0 Å². The van der Waals surface area contributed by atoms with E-state index in [1.54, 1.807) is 0 Å². The smallest absolute Gasteiger partial charge is 0.870 e. The van der Waals surface area contributed by atoms with Crippen LogP contribution in [0.3, 0.4) is 0 Å². The van der Waals surface area contributed by atoms with Gasteiger partial charge in [0, 0.05) is 0 Å². The molecule has 1 heterocycles. The van der Waals surface area contributed by atoms with E-state index in [9.17, 15) is 14.7 Å². The van der Waals surface area contributed by atoms with E-state index in [4.69, 9.17) is 9.84 Å². The van der Waals surface area contributed by atoms with Crippen molar-refractivity contribution in [3.63, 3.8) is 0 Å². The Morgan fingerprint density at radius 2 is 1.75 bits per heavy atom. The van der Waals surface area contributed by atoms with Crippen LogP contribution >= 0.6 is 0 Å². The summed E-state index contributed by atoms with van der Waals surface area (Å²) < 4.78 is 5.52. The van der Waals surface area contributed by atoms with E-state index in [1.807, 2.05) is 0 Å². The molecule has 10 nitrogen and oxygen atoms in total. The molecule has 1 aliphatic heterocycles. The fourth-order valence-electron chi connectivity index (χ4n) is 3.34. The molecule has 2 atom stereocenters. The predicted molar refractivity (Wildman–Crippen MR) is 90.9 cm³/mol. The Balaban J connectivity index is -0.000000353. The molecule has 0 saturated carbocycles. The van der Waals surface area contributed by atoms with Gasteiger partial charge in [-0.2, -0.15) is 4.99 Å². The van der Waals surface area contributed by atoms with Gasteiger partial charge < -0.3 is 31.4 Å². The summed E-state index contributed by atoms with van der Waals surface area (Å²) in [6.45, 7) is 6.15. The van der Waals surface area contributed by atoms with Crippen LogP contribution in [-0.2, 0) is 14.3 Å². The van der Waals surface area contributed by atoms with Crippen LogP contribution < -0.4 is 64.1 Å². The Kier molecular flexibility index (Phi) is 28.8. The normalized spacial score (nSPS) is 18.0. The van der Waals surface area contributed by atoms with Crippen LogP contribution in [0.4, 0.5) is 0 Å². The minimum Gasteiger partial charge on any atom is -0.870 e. The first-order valence-corrected chi connectivity index (χ1v) is 8.44.